The first-order valence-corrected chi connectivity index (χ1v) is 6.15. The number of ketones is 3. The zero-order chi connectivity index (χ0) is 14.3. The molecule has 1 heterocycles. The lowest BCUT2D eigenvalue weighted by Gasteiger charge is -1.99. The third-order valence-electron chi connectivity index (χ3n) is 2.58. The van der Waals surface area contributed by atoms with Crippen LogP contribution < -0.4 is 0 Å². The molecule has 0 aliphatic carbocycles. The summed E-state index contributed by atoms with van der Waals surface area (Å²) in [7, 11) is 1.53. The van der Waals surface area contributed by atoms with E-state index in [-0.39, 0.29) is 42.4 Å². The second kappa shape index (κ2) is 7.63. The molecule has 0 aliphatic heterocycles. The third-order valence-corrected chi connectivity index (χ3v) is 2.58. The summed E-state index contributed by atoms with van der Waals surface area (Å²) in [6, 6.07) is 3.15. The first-order valence-electron chi connectivity index (χ1n) is 6.15. The molecule has 104 valence electrons. The van der Waals surface area contributed by atoms with E-state index in [1.807, 2.05) is 0 Å². The van der Waals surface area contributed by atoms with Gasteiger partial charge < -0.3 is 9.15 Å². The molecule has 1 aromatic heterocycles. The quantitative estimate of drug-likeness (QED) is 0.639. The Hall–Kier alpha value is -1.75. The molecule has 5 nitrogen and oxygen atoms in total. The predicted octanol–water partition coefficient (Wildman–Crippen LogP) is 1.98. The van der Waals surface area contributed by atoms with E-state index >= 15 is 0 Å². The number of carbonyl (C=O) groups excluding carboxylic acids is 3. The van der Waals surface area contributed by atoms with E-state index in [1.54, 1.807) is 12.1 Å². The highest BCUT2D eigenvalue weighted by molar-refractivity contribution is 5.96. The maximum atomic E-state index is 11.8. The summed E-state index contributed by atoms with van der Waals surface area (Å²) in [4.78, 5) is 34.0. The first-order chi connectivity index (χ1) is 9.02. The lowest BCUT2D eigenvalue weighted by atomic mass is 10.1. The molecule has 0 saturated carbocycles. The highest BCUT2D eigenvalue weighted by Gasteiger charge is 2.13. The van der Waals surface area contributed by atoms with Crippen LogP contribution in [0.1, 0.15) is 42.5 Å². The number of hydrogen-bond acceptors (Lipinski definition) is 5. The van der Waals surface area contributed by atoms with Crippen LogP contribution in [0.3, 0.4) is 0 Å². The molecule has 0 N–H and O–H groups in total. The summed E-state index contributed by atoms with van der Waals surface area (Å²) in [6.45, 7) is 1.83. The molecular formula is C14H18O5. The van der Waals surface area contributed by atoms with Gasteiger partial charge in [-0.05, 0) is 19.1 Å². The molecule has 0 spiro atoms. The summed E-state index contributed by atoms with van der Waals surface area (Å²) in [5.74, 6) is 0.423. The van der Waals surface area contributed by atoms with Crippen molar-refractivity contribution >= 4 is 17.3 Å². The molecule has 1 rings (SSSR count). The van der Waals surface area contributed by atoms with Gasteiger partial charge in [0, 0.05) is 26.4 Å². The molecule has 0 amide bonds. The second-order valence-corrected chi connectivity index (χ2v) is 4.35. The van der Waals surface area contributed by atoms with Crippen LogP contribution in [0.4, 0.5) is 0 Å². The minimum atomic E-state index is -0.222. The second-order valence-electron chi connectivity index (χ2n) is 4.35. The van der Waals surface area contributed by atoms with Crippen molar-refractivity contribution in [2.24, 2.45) is 0 Å². The molecule has 1 aromatic rings. The van der Waals surface area contributed by atoms with Crippen molar-refractivity contribution in [3.63, 3.8) is 0 Å². The van der Waals surface area contributed by atoms with Crippen molar-refractivity contribution in [1.82, 2.24) is 0 Å². The van der Waals surface area contributed by atoms with Gasteiger partial charge in [-0.2, -0.15) is 0 Å². The summed E-state index contributed by atoms with van der Waals surface area (Å²) in [5.41, 5.74) is 0. The molecule has 0 aliphatic rings. The minimum absolute atomic E-state index is 0.00860. The lowest BCUT2D eigenvalue weighted by molar-refractivity contribution is -0.120. The SMILES string of the molecule is COCCC(=O)CCC(=O)c1ccc(CC(C)=O)o1. The Bertz CT molecular complexity index is 458. The van der Waals surface area contributed by atoms with E-state index in [2.05, 4.69) is 0 Å². The summed E-state index contributed by atoms with van der Waals surface area (Å²) >= 11 is 0. The van der Waals surface area contributed by atoms with Crippen LogP contribution in [0.5, 0.6) is 0 Å². The number of hydrogen-bond donors (Lipinski definition) is 0. The lowest BCUT2D eigenvalue weighted by Crippen LogP contribution is -2.06. The van der Waals surface area contributed by atoms with E-state index < -0.39 is 0 Å². The van der Waals surface area contributed by atoms with Crippen LogP contribution in [0.2, 0.25) is 0 Å². The van der Waals surface area contributed by atoms with Crippen molar-refractivity contribution in [2.75, 3.05) is 13.7 Å². The maximum absolute atomic E-state index is 11.8. The molecule has 5 heteroatoms. The molecule has 19 heavy (non-hydrogen) atoms. The zero-order valence-corrected chi connectivity index (χ0v) is 11.2. The monoisotopic (exact) mass is 266 g/mol. The Kier molecular flexibility index (Phi) is 6.15. The fourth-order valence-electron chi connectivity index (χ4n) is 1.59. The number of methoxy groups -OCH3 is 1. The number of carbonyl (C=O) groups is 3. The maximum Gasteiger partial charge on any atom is 0.198 e. The van der Waals surface area contributed by atoms with Crippen molar-refractivity contribution in [2.45, 2.75) is 32.6 Å². The van der Waals surface area contributed by atoms with Gasteiger partial charge in [0.15, 0.2) is 11.5 Å². The van der Waals surface area contributed by atoms with Gasteiger partial charge in [0.2, 0.25) is 0 Å². The van der Waals surface area contributed by atoms with Crippen LogP contribution in [-0.4, -0.2) is 31.1 Å². The summed E-state index contributed by atoms with van der Waals surface area (Å²) < 4.78 is 10.1. The average molecular weight is 266 g/mol. The van der Waals surface area contributed by atoms with E-state index in [4.69, 9.17) is 9.15 Å². The number of rotatable bonds is 9. The Morgan fingerprint density at radius 2 is 1.89 bits per heavy atom. The summed E-state index contributed by atoms with van der Waals surface area (Å²) in [6.07, 6.45) is 0.804. The molecule has 0 bridgehead atoms. The predicted molar refractivity (Wildman–Crippen MR) is 68.2 cm³/mol. The average Bonchev–Trinajstić information content (AvgIpc) is 2.81. The van der Waals surface area contributed by atoms with Crippen LogP contribution in [0.25, 0.3) is 0 Å². The van der Waals surface area contributed by atoms with Gasteiger partial charge in [-0.25, -0.2) is 0 Å². The highest BCUT2D eigenvalue weighted by atomic mass is 16.5. The topological polar surface area (TPSA) is 73.6 Å². The Morgan fingerprint density at radius 1 is 1.16 bits per heavy atom. The normalized spacial score (nSPS) is 10.4. The molecule has 0 fully saturated rings. The molecule has 0 aromatic carbocycles. The van der Waals surface area contributed by atoms with Crippen LogP contribution in [0.15, 0.2) is 16.5 Å². The number of Topliss-reactive ketones (excluding diaryl/α,β-unsaturated/α-hetero) is 3. The van der Waals surface area contributed by atoms with Gasteiger partial charge in [-0.1, -0.05) is 0 Å². The van der Waals surface area contributed by atoms with Gasteiger partial charge in [0.1, 0.15) is 17.3 Å². The van der Waals surface area contributed by atoms with Crippen LogP contribution in [0, 0.1) is 0 Å². The van der Waals surface area contributed by atoms with Gasteiger partial charge in [0.05, 0.1) is 13.0 Å². The largest absolute Gasteiger partial charge is 0.458 e. The van der Waals surface area contributed by atoms with Crippen molar-refractivity contribution in [3.05, 3.63) is 23.7 Å². The summed E-state index contributed by atoms with van der Waals surface area (Å²) in [5, 5.41) is 0. The number of furan rings is 1. The fourth-order valence-corrected chi connectivity index (χ4v) is 1.59. The van der Waals surface area contributed by atoms with Crippen molar-refractivity contribution in [1.29, 1.82) is 0 Å². The van der Waals surface area contributed by atoms with E-state index in [1.165, 1.54) is 14.0 Å². The molecular weight excluding hydrogens is 248 g/mol. The van der Waals surface area contributed by atoms with Gasteiger partial charge in [0.25, 0.3) is 0 Å². The van der Waals surface area contributed by atoms with Gasteiger partial charge in [-0.15, -0.1) is 0 Å². The van der Waals surface area contributed by atoms with Gasteiger partial charge >= 0.3 is 0 Å². The third kappa shape index (κ3) is 5.61. The Balaban J connectivity index is 2.43. The van der Waals surface area contributed by atoms with Crippen LogP contribution >= 0.6 is 0 Å². The Labute approximate surface area is 111 Å². The highest BCUT2D eigenvalue weighted by Crippen LogP contribution is 2.12. The van der Waals surface area contributed by atoms with Gasteiger partial charge in [-0.3, -0.25) is 14.4 Å². The molecule has 0 unspecified atom stereocenters. The van der Waals surface area contributed by atoms with Crippen molar-refractivity contribution < 1.29 is 23.5 Å². The standard InChI is InChI=1S/C14H18O5/c1-10(15)9-12-4-6-14(19-12)13(17)5-3-11(16)7-8-18-2/h4,6H,3,5,7-9H2,1-2H3. The molecule has 0 saturated heterocycles. The smallest absolute Gasteiger partial charge is 0.198 e. The molecule has 0 atom stereocenters. The zero-order valence-electron chi connectivity index (χ0n) is 11.2. The van der Waals surface area contributed by atoms with E-state index in [9.17, 15) is 14.4 Å². The van der Waals surface area contributed by atoms with E-state index in [0.29, 0.717) is 18.8 Å². The Morgan fingerprint density at radius 3 is 2.53 bits per heavy atom. The van der Waals surface area contributed by atoms with E-state index in [0.717, 1.165) is 0 Å². The molecule has 0 radical (unpaired) electrons. The van der Waals surface area contributed by atoms with Crippen LogP contribution in [-0.2, 0) is 20.7 Å². The fraction of sp³-hybridized carbons (Fsp3) is 0.500. The first kappa shape index (κ1) is 15.3. The minimum Gasteiger partial charge on any atom is -0.458 e. The van der Waals surface area contributed by atoms with Crippen molar-refractivity contribution in [3.8, 4) is 0 Å². The number of ether oxygens (including phenoxy) is 1.